The first-order chi connectivity index (χ1) is 5.63. The summed E-state index contributed by atoms with van der Waals surface area (Å²) < 4.78 is 12.7. The second-order valence-electron chi connectivity index (χ2n) is 2.16. The molecule has 5 nitrogen and oxygen atoms in total. The van der Waals surface area contributed by atoms with Crippen LogP contribution in [-0.2, 0) is 4.79 Å². The normalized spacial score (nSPS) is 12.3. The average Bonchev–Trinajstić information content (AvgIpc) is 2.03. The summed E-state index contributed by atoms with van der Waals surface area (Å²) in [5, 5.41) is 25.0. The molecule has 7 heteroatoms. The Morgan fingerprint density at radius 2 is 1.69 bits per heavy atom. The zero-order valence-corrected chi connectivity index (χ0v) is 7.71. The van der Waals surface area contributed by atoms with Gasteiger partial charge in [-0.25, -0.2) is 9.18 Å². The van der Waals surface area contributed by atoms with Crippen molar-refractivity contribution in [2.24, 2.45) is 0 Å². The third-order valence-corrected chi connectivity index (χ3v) is 1.30. The van der Waals surface area contributed by atoms with Crippen molar-refractivity contribution in [2.45, 2.75) is 6.30 Å². The molecule has 0 aliphatic heterocycles. The van der Waals surface area contributed by atoms with Crippen LogP contribution >= 0.6 is 12.4 Å². The maximum atomic E-state index is 12.7. The number of aliphatic hydroxyl groups is 2. The predicted molar refractivity (Wildman–Crippen MR) is 45.5 cm³/mol. The molecule has 3 N–H and O–H groups in total. The Morgan fingerprint density at radius 1 is 1.31 bits per heavy atom. The van der Waals surface area contributed by atoms with Crippen molar-refractivity contribution in [3.05, 3.63) is 0 Å². The summed E-state index contributed by atoms with van der Waals surface area (Å²) in [6.45, 7) is -0.885. The largest absolute Gasteiger partial charge is 0.478 e. The molecular weight excluding hydrogens is 205 g/mol. The molecule has 0 aromatic heterocycles. The van der Waals surface area contributed by atoms with Gasteiger partial charge in [-0.3, -0.25) is 4.90 Å². The molecule has 80 valence electrons. The lowest BCUT2D eigenvalue weighted by Gasteiger charge is -2.20. The number of hydrogen-bond donors (Lipinski definition) is 3. The molecule has 0 aliphatic carbocycles. The van der Waals surface area contributed by atoms with Gasteiger partial charge >= 0.3 is 5.97 Å². The van der Waals surface area contributed by atoms with Crippen LogP contribution in [0.25, 0.3) is 0 Å². The zero-order valence-electron chi connectivity index (χ0n) is 6.89. The van der Waals surface area contributed by atoms with E-state index in [0.717, 1.165) is 4.90 Å². The lowest BCUT2D eigenvalue weighted by molar-refractivity contribution is -0.151. The predicted octanol–water partition coefficient (Wildman–Crippen LogP) is -0.925. The average molecular weight is 218 g/mol. The number of halogens is 2. The van der Waals surface area contributed by atoms with Crippen LogP contribution in [0.5, 0.6) is 0 Å². The molecule has 0 aromatic carbocycles. The molecule has 0 saturated carbocycles. The van der Waals surface area contributed by atoms with Crippen molar-refractivity contribution < 1.29 is 24.5 Å². The number of aliphatic hydroxyl groups excluding tert-OH is 2. The maximum Gasteiger partial charge on any atom is 0.353 e. The van der Waals surface area contributed by atoms with Crippen LogP contribution in [-0.4, -0.2) is 58.8 Å². The third-order valence-electron chi connectivity index (χ3n) is 1.30. The van der Waals surface area contributed by atoms with Crippen molar-refractivity contribution >= 4 is 18.4 Å². The van der Waals surface area contributed by atoms with Crippen LogP contribution in [0.1, 0.15) is 0 Å². The molecule has 0 saturated heterocycles. The second-order valence-corrected chi connectivity index (χ2v) is 2.16. The Balaban J connectivity index is 0. The van der Waals surface area contributed by atoms with E-state index in [4.69, 9.17) is 15.3 Å². The van der Waals surface area contributed by atoms with E-state index < -0.39 is 12.3 Å². The Labute approximate surface area is 81.2 Å². The van der Waals surface area contributed by atoms with E-state index in [1.54, 1.807) is 0 Å². The number of nitrogens with zero attached hydrogens (tertiary/aromatic N) is 1. The number of hydrogen-bond acceptors (Lipinski definition) is 4. The highest BCUT2D eigenvalue weighted by Gasteiger charge is 2.23. The fourth-order valence-corrected chi connectivity index (χ4v) is 0.752. The molecule has 0 aromatic rings. The molecule has 0 radical (unpaired) electrons. The summed E-state index contributed by atoms with van der Waals surface area (Å²) in [5.74, 6) is -1.61. The molecule has 0 bridgehead atoms. The molecular formula is C6H13ClFNO4. The van der Waals surface area contributed by atoms with Gasteiger partial charge in [0.25, 0.3) is 6.30 Å². The Hall–Kier alpha value is -0.430. The first-order valence-electron chi connectivity index (χ1n) is 3.46. The highest BCUT2D eigenvalue weighted by atomic mass is 35.5. The summed E-state index contributed by atoms with van der Waals surface area (Å²) in [4.78, 5) is 10.9. The Bertz CT molecular complexity index is 143. The molecule has 1 atom stereocenters. The highest BCUT2D eigenvalue weighted by molar-refractivity contribution is 5.85. The van der Waals surface area contributed by atoms with E-state index in [2.05, 4.69) is 0 Å². The van der Waals surface area contributed by atoms with Gasteiger partial charge in [-0.05, 0) is 0 Å². The standard InChI is InChI=1S/C6H12FNO4.ClH/c7-5(6(11)12)8(1-3-9)2-4-10;/h5,9-10H,1-4H2,(H,11,12);1H. The number of alkyl halides is 1. The van der Waals surface area contributed by atoms with Gasteiger partial charge in [0.15, 0.2) is 0 Å². The van der Waals surface area contributed by atoms with Gasteiger partial charge < -0.3 is 15.3 Å². The minimum atomic E-state index is -2.16. The van der Waals surface area contributed by atoms with E-state index in [-0.39, 0.29) is 38.7 Å². The van der Waals surface area contributed by atoms with Crippen LogP contribution in [0.3, 0.4) is 0 Å². The fraction of sp³-hybridized carbons (Fsp3) is 0.833. The summed E-state index contributed by atoms with van der Waals surface area (Å²) in [5.41, 5.74) is 0. The van der Waals surface area contributed by atoms with Gasteiger partial charge in [-0.1, -0.05) is 0 Å². The summed E-state index contributed by atoms with van der Waals surface area (Å²) in [7, 11) is 0. The van der Waals surface area contributed by atoms with Gasteiger partial charge in [0.05, 0.1) is 13.2 Å². The molecule has 0 aliphatic rings. The first-order valence-corrected chi connectivity index (χ1v) is 3.46. The van der Waals surface area contributed by atoms with Crippen LogP contribution in [0.4, 0.5) is 4.39 Å². The smallest absolute Gasteiger partial charge is 0.353 e. The summed E-state index contributed by atoms with van der Waals surface area (Å²) in [6, 6.07) is 0. The Morgan fingerprint density at radius 3 is 1.92 bits per heavy atom. The monoisotopic (exact) mass is 217 g/mol. The van der Waals surface area contributed by atoms with E-state index in [1.165, 1.54) is 0 Å². The summed E-state index contributed by atoms with van der Waals surface area (Å²) in [6.07, 6.45) is -2.16. The third kappa shape index (κ3) is 5.75. The van der Waals surface area contributed by atoms with Crippen molar-refractivity contribution in [1.82, 2.24) is 4.90 Å². The summed E-state index contributed by atoms with van der Waals surface area (Å²) >= 11 is 0. The number of aliphatic carboxylic acids is 1. The molecule has 1 unspecified atom stereocenters. The van der Waals surface area contributed by atoms with E-state index >= 15 is 0 Å². The number of carboxylic acids is 1. The lowest BCUT2D eigenvalue weighted by Crippen LogP contribution is -2.41. The van der Waals surface area contributed by atoms with E-state index in [1.807, 2.05) is 0 Å². The van der Waals surface area contributed by atoms with Crippen molar-refractivity contribution in [3.63, 3.8) is 0 Å². The van der Waals surface area contributed by atoms with Crippen molar-refractivity contribution in [1.29, 1.82) is 0 Å². The van der Waals surface area contributed by atoms with Crippen LogP contribution < -0.4 is 0 Å². The number of carbonyl (C=O) groups is 1. The molecule has 0 heterocycles. The minimum Gasteiger partial charge on any atom is -0.478 e. The first kappa shape index (κ1) is 15.1. The molecule has 13 heavy (non-hydrogen) atoms. The van der Waals surface area contributed by atoms with Gasteiger partial charge in [-0.15, -0.1) is 12.4 Å². The van der Waals surface area contributed by atoms with Crippen LogP contribution in [0.15, 0.2) is 0 Å². The molecule has 0 amide bonds. The zero-order chi connectivity index (χ0) is 9.56. The van der Waals surface area contributed by atoms with E-state index in [9.17, 15) is 9.18 Å². The quantitative estimate of drug-likeness (QED) is 0.501. The number of rotatable bonds is 6. The van der Waals surface area contributed by atoms with Crippen molar-refractivity contribution in [3.8, 4) is 0 Å². The molecule has 0 rings (SSSR count). The Kier molecular flexibility index (Phi) is 9.48. The molecule has 0 fully saturated rings. The number of carboxylic acid groups (broad SMARTS) is 1. The van der Waals surface area contributed by atoms with Crippen LogP contribution in [0.2, 0.25) is 0 Å². The lowest BCUT2D eigenvalue weighted by atomic mass is 10.4. The van der Waals surface area contributed by atoms with Crippen LogP contribution in [0, 0.1) is 0 Å². The molecule has 0 spiro atoms. The van der Waals surface area contributed by atoms with Gasteiger partial charge in [-0.2, -0.15) is 0 Å². The highest BCUT2D eigenvalue weighted by Crippen LogP contribution is 2.00. The maximum absolute atomic E-state index is 12.7. The fourth-order valence-electron chi connectivity index (χ4n) is 0.752. The van der Waals surface area contributed by atoms with E-state index in [0.29, 0.717) is 0 Å². The second kappa shape index (κ2) is 8.18. The topological polar surface area (TPSA) is 81.0 Å². The van der Waals surface area contributed by atoms with Gasteiger partial charge in [0.1, 0.15) is 0 Å². The van der Waals surface area contributed by atoms with Crippen molar-refractivity contribution in [2.75, 3.05) is 26.3 Å². The minimum absolute atomic E-state index is 0. The van der Waals surface area contributed by atoms with Gasteiger partial charge in [0, 0.05) is 13.1 Å². The van der Waals surface area contributed by atoms with Gasteiger partial charge in [0.2, 0.25) is 0 Å². The SMILES string of the molecule is Cl.O=C(O)C(F)N(CCO)CCO.